The third-order valence-electron chi connectivity index (χ3n) is 5.17. The van der Waals surface area contributed by atoms with E-state index in [9.17, 15) is 0 Å². The van der Waals surface area contributed by atoms with Crippen molar-refractivity contribution < 1.29 is 0 Å². The van der Waals surface area contributed by atoms with Crippen molar-refractivity contribution in [3.8, 4) is 11.8 Å². The van der Waals surface area contributed by atoms with Gasteiger partial charge in [0.1, 0.15) is 0 Å². The van der Waals surface area contributed by atoms with E-state index in [1.165, 1.54) is 11.1 Å². The zero-order valence-electron chi connectivity index (χ0n) is 20.4. The number of para-hydroxylation sites is 2. The number of nitrogens with two attached hydrogens (primary N) is 1. The fraction of sp³-hybridized carbons (Fsp3) is 0.0625. The molecule has 4 aromatic rings. The summed E-state index contributed by atoms with van der Waals surface area (Å²) in [4.78, 5) is 0. The van der Waals surface area contributed by atoms with Gasteiger partial charge in [-0.1, -0.05) is 113 Å². The number of nitrogen functional groups attached to an aromatic ring is 1. The summed E-state index contributed by atoms with van der Waals surface area (Å²) in [7, 11) is 0. The van der Waals surface area contributed by atoms with Crippen LogP contribution in [0.1, 0.15) is 29.2 Å². The van der Waals surface area contributed by atoms with E-state index in [0.717, 1.165) is 36.8 Å². The van der Waals surface area contributed by atoms with E-state index in [0.29, 0.717) is 5.69 Å². The molecule has 0 spiro atoms. The van der Waals surface area contributed by atoms with E-state index in [2.05, 4.69) is 113 Å². The monoisotopic (exact) mass is 676 g/mol. The molecule has 0 saturated heterocycles. The summed E-state index contributed by atoms with van der Waals surface area (Å²) in [5, 5.41) is 3.47. The molecular formula is C32H27Br3N2. The topological polar surface area (TPSA) is 38.0 Å². The van der Waals surface area contributed by atoms with E-state index < -0.39 is 0 Å². The summed E-state index contributed by atoms with van der Waals surface area (Å²) in [6.45, 7) is 2.88. The zero-order valence-corrected chi connectivity index (χ0v) is 25.1. The molecule has 2 nitrogen and oxygen atoms in total. The van der Waals surface area contributed by atoms with Crippen LogP contribution in [0.15, 0.2) is 117 Å². The molecule has 0 saturated carbocycles. The van der Waals surface area contributed by atoms with Gasteiger partial charge in [0.2, 0.25) is 0 Å². The molecule has 0 bridgehead atoms. The predicted molar refractivity (Wildman–Crippen MR) is 172 cm³/mol. The van der Waals surface area contributed by atoms with E-state index in [1.807, 2.05) is 73.7 Å². The molecule has 3 N–H and O–H groups in total. The summed E-state index contributed by atoms with van der Waals surface area (Å²) in [5.74, 6) is 6.28. The van der Waals surface area contributed by atoms with E-state index in [1.54, 1.807) is 0 Å². The van der Waals surface area contributed by atoms with Gasteiger partial charge in [0.15, 0.2) is 0 Å². The Hall–Kier alpha value is -3.04. The number of hydrogen-bond donors (Lipinski definition) is 2. The summed E-state index contributed by atoms with van der Waals surface area (Å²) in [6.07, 6.45) is 2.12. The van der Waals surface area contributed by atoms with Crippen LogP contribution in [0, 0.1) is 11.8 Å². The minimum Gasteiger partial charge on any atom is -0.398 e. The van der Waals surface area contributed by atoms with Gasteiger partial charge in [-0.25, -0.2) is 0 Å². The maximum absolute atomic E-state index is 5.98. The molecule has 0 amide bonds. The fourth-order valence-electron chi connectivity index (χ4n) is 3.39. The smallest absolute Gasteiger partial charge is 0.0767 e. The molecule has 37 heavy (non-hydrogen) atoms. The van der Waals surface area contributed by atoms with Crippen molar-refractivity contribution in [1.29, 1.82) is 0 Å². The Morgan fingerprint density at radius 2 is 1.38 bits per heavy atom. The Labute approximate surface area is 245 Å². The number of rotatable bonds is 5. The minimum absolute atomic E-state index is 0.705. The molecule has 4 rings (SSSR count). The van der Waals surface area contributed by atoms with Crippen molar-refractivity contribution in [2.24, 2.45) is 0 Å². The normalized spacial score (nSPS) is 10.3. The highest BCUT2D eigenvalue weighted by Crippen LogP contribution is 2.30. The lowest BCUT2D eigenvalue weighted by Gasteiger charge is -2.10. The second kappa shape index (κ2) is 15.3. The maximum Gasteiger partial charge on any atom is 0.0767 e. The van der Waals surface area contributed by atoms with Crippen LogP contribution in [0.3, 0.4) is 0 Å². The number of halogens is 3. The molecule has 0 aliphatic rings. The van der Waals surface area contributed by atoms with Gasteiger partial charge in [-0.05, 0) is 84.7 Å². The number of hydrogen-bond acceptors (Lipinski definition) is 2. The molecule has 0 aromatic heterocycles. The Morgan fingerprint density at radius 1 is 0.784 bits per heavy atom. The van der Waals surface area contributed by atoms with Gasteiger partial charge in [0.25, 0.3) is 0 Å². The Balaban J connectivity index is 0.000000206. The van der Waals surface area contributed by atoms with Crippen LogP contribution in [0.5, 0.6) is 0 Å². The van der Waals surface area contributed by atoms with Gasteiger partial charge in [-0.15, -0.1) is 0 Å². The molecular weight excluding hydrogens is 652 g/mol. The van der Waals surface area contributed by atoms with Crippen molar-refractivity contribution in [3.63, 3.8) is 0 Å². The summed E-state index contributed by atoms with van der Waals surface area (Å²) < 4.78 is 1.91. The van der Waals surface area contributed by atoms with Crippen LogP contribution in [0.4, 0.5) is 11.4 Å². The van der Waals surface area contributed by atoms with E-state index >= 15 is 0 Å². The van der Waals surface area contributed by atoms with Crippen LogP contribution in [-0.4, -0.2) is 0 Å². The van der Waals surface area contributed by atoms with Crippen molar-refractivity contribution in [1.82, 2.24) is 0 Å². The predicted octanol–water partition coefficient (Wildman–Crippen LogP) is 9.83. The van der Waals surface area contributed by atoms with Crippen LogP contribution in [0.2, 0.25) is 0 Å². The van der Waals surface area contributed by atoms with E-state index in [4.69, 9.17) is 5.73 Å². The number of allylic oxidation sites excluding steroid dienone is 2. The average molecular weight is 679 g/mol. The fourth-order valence-corrected chi connectivity index (χ4v) is 4.26. The Kier molecular flexibility index (Phi) is 11.8. The maximum atomic E-state index is 5.98. The van der Waals surface area contributed by atoms with Crippen LogP contribution < -0.4 is 11.1 Å². The average Bonchev–Trinajstić information content (AvgIpc) is 2.90. The molecule has 5 heteroatoms. The lowest BCUT2D eigenvalue weighted by atomic mass is 10.1. The van der Waals surface area contributed by atoms with Gasteiger partial charge in [-0.2, -0.15) is 0 Å². The van der Waals surface area contributed by atoms with Gasteiger partial charge in [0.05, 0.1) is 8.96 Å². The van der Waals surface area contributed by atoms with Crippen molar-refractivity contribution in [2.75, 3.05) is 11.1 Å². The zero-order chi connectivity index (χ0) is 26.5. The van der Waals surface area contributed by atoms with Gasteiger partial charge in [0, 0.05) is 29.0 Å². The standard InChI is InChI=1S/C16H11Br2N.C16H16BrN/c17-16(18)14(13-8-4-5-9-15(13)19)11-10-12-6-2-1-3-7-12;1-13(17)11-15-9-5-6-10-16(15)18-12-14-7-3-2-4-8-14/h1-9H,19H2;2-11,18H,12H2,1H3/b;13-11-. The first-order chi connectivity index (χ1) is 17.9. The minimum atomic E-state index is 0.705. The summed E-state index contributed by atoms with van der Waals surface area (Å²) in [6, 6.07) is 36.2. The number of nitrogens with one attached hydrogen (secondary N) is 1. The van der Waals surface area contributed by atoms with Crippen molar-refractivity contribution in [2.45, 2.75) is 13.5 Å². The molecule has 0 fully saturated rings. The number of anilines is 2. The lowest BCUT2D eigenvalue weighted by molar-refractivity contribution is 1.15. The molecule has 4 aromatic carbocycles. The molecule has 0 atom stereocenters. The molecule has 0 unspecified atom stereocenters. The third-order valence-corrected chi connectivity index (χ3v) is 6.19. The molecule has 186 valence electrons. The van der Waals surface area contributed by atoms with E-state index in [-0.39, 0.29) is 0 Å². The quantitative estimate of drug-likeness (QED) is 0.163. The van der Waals surface area contributed by atoms with Crippen LogP contribution in [0.25, 0.3) is 11.6 Å². The summed E-state index contributed by atoms with van der Waals surface area (Å²) >= 11 is 10.3. The highest BCUT2D eigenvalue weighted by molar-refractivity contribution is 9.28. The Bertz CT molecular complexity index is 1410. The van der Waals surface area contributed by atoms with Crippen molar-refractivity contribution in [3.05, 3.63) is 139 Å². The van der Waals surface area contributed by atoms with Crippen molar-refractivity contribution >= 4 is 70.8 Å². The second-order valence-corrected chi connectivity index (χ2v) is 11.9. The largest absolute Gasteiger partial charge is 0.398 e. The van der Waals surface area contributed by atoms with Gasteiger partial charge in [-0.3, -0.25) is 0 Å². The SMILES string of the molecule is C/C(Br)=C/c1ccccc1NCc1ccccc1.Nc1ccccc1C(C#Cc1ccccc1)=C(Br)Br. The second-order valence-electron chi connectivity index (χ2n) is 8.00. The van der Waals surface area contributed by atoms with Crippen LogP contribution in [-0.2, 0) is 6.54 Å². The molecule has 0 radical (unpaired) electrons. The molecule has 0 heterocycles. The molecule has 0 aliphatic carbocycles. The Morgan fingerprint density at radius 3 is 2.03 bits per heavy atom. The summed E-state index contributed by atoms with van der Waals surface area (Å²) in [5.41, 5.74) is 13.0. The van der Waals surface area contributed by atoms with Gasteiger partial charge >= 0.3 is 0 Å². The lowest BCUT2D eigenvalue weighted by Crippen LogP contribution is -2.00. The first-order valence-electron chi connectivity index (χ1n) is 11.6. The first-order valence-corrected chi connectivity index (χ1v) is 14.0. The molecule has 0 aliphatic heterocycles. The first kappa shape index (κ1) is 28.5. The van der Waals surface area contributed by atoms with Crippen LogP contribution >= 0.6 is 47.8 Å². The highest BCUT2D eigenvalue weighted by Gasteiger charge is 2.06. The third kappa shape index (κ3) is 9.74. The highest BCUT2D eigenvalue weighted by atomic mass is 79.9. The van der Waals surface area contributed by atoms with Gasteiger partial charge < -0.3 is 11.1 Å². The number of benzene rings is 4.